The van der Waals surface area contributed by atoms with Crippen molar-refractivity contribution in [2.24, 2.45) is 5.41 Å². The van der Waals surface area contributed by atoms with Gasteiger partial charge in [0.05, 0.1) is 19.4 Å². The van der Waals surface area contributed by atoms with E-state index < -0.39 is 12.2 Å². The third-order valence-electron chi connectivity index (χ3n) is 2.50. The molecule has 0 aromatic carbocycles. The van der Waals surface area contributed by atoms with Gasteiger partial charge in [-0.15, -0.1) is 0 Å². The van der Waals surface area contributed by atoms with E-state index in [1.807, 2.05) is 20.8 Å². The zero-order chi connectivity index (χ0) is 12.3. The van der Waals surface area contributed by atoms with Crippen LogP contribution in [0, 0.1) is 5.41 Å². The monoisotopic (exact) mass is 225 g/mol. The molecule has 2 atom stereocenters. The van der Waals surface area contributed by atoms with Crippen LogP contribution in [-0.4, -0.2) is 28.4 Å². The predicted molar refractivity (Wildman–Crippen MR) is 61.2 cm³/mol. The third-order valence-corrected chi connectivity index (χ3v) is 2.50. The molecule has 0 spiro atoms. The Labute approximate surface area is 95.9 Å². The van der Waals surface area contributed by atoms with Crippen LogP contribution in [0.2, 0.25) is 0 Å². The second-order valence-electron chi connectivity index (χ2n) is 4.91. The number of ether oxygens (including phenoxy) is 1. The summed E-state index contributed by atoms with van der Waals surface area (Å²) in [5.74, 6) is 0.567. The van der Waals surface area contributed by atoms with E-state index in [0.29, 0.717) is 11.3 Å². The van der Waals surface area contributed by atoms with Gasteiger partial charge in [0.1, 0.15) is 11.9 Å². The minimum Gasteiger partial charge on any atom is -0.495 e. The van der Waals surface area contributed by atoms with E-state index in [9.17, 15) is 10.2 Å². The van der Waals surface area contributed by atoms with Crippen LogP contribution in [0.3, 0.4) is 0 Å². The van der Waals surface area contributed by atoms with Gasteiger partial charge in [0.25, 0.3) is 0 Å². The first-order valence-electron chi connectivity index (χ1n) is 5.21. The molecular formula is C12H19NO3. The van der Waals surface area contributed by atoms with Crippen molar-refractivity contribution in [2.45, 2.75) is 33.0 Å². The molecule has 0 amide bonds. The van der Waals surface area contributed by atoms with E-state index in [4.69, 9.17) is 4.74 Å². The van der Waals surface area contributed by atoms with Crippen LogP contribution < -0.4 is 4.74 Å². The van der Waals surface area contributed by atoms with Crippen molar-refractivity contribution in [1.82, 2.24) is 4.98 Å². The van der Waals surface area contributed by atoms with Crippen molar-refractivity contribution in [1.29, 1.82) is 0 Å². The molecule has 16 heavy (non-hydrogen) atoms. The Balaban J connectivity index is 2.91. The zero-order valence-electron chi connectivity index (χ0n) is 10.1. The second-order valence-corrected chi connectivity index (χ2v) is 4.91. The highest BCUT2D eigenvalue weighted by Gasteiger charge is 2.30. The molecule has 90 valence electrons. The van der Waals surface area contributed by atoms with Gasteiger partial charge in [0.2, 0.25) is 0 Å². The lowest BCUT2D eigenvalue weighted by Gasteiger charge is -2.30. The van der Waals surface area contributed by atoms with Crippen LogP contribution in [0.25, 0.3) is 0 Å². The first-order valence-corrected chi connectivity index (χ1v) is 5.21. The summed E-state index contributed by atoms with van der Waals surface area (Å²) in [4.78, 5) is 3.94. The molecule has 0 aliphatic rings. The van der Waals surface area contributed by atoms with Crippen LogP contribution in [0.15, 0.2) is 18.5 Å². The average Bonchev–Trinajstić information content (AvgIpc) is 2.26. The quantitative estimate of drug-likeness (QED) is 0.819. The second kappa shape index (κ2) is 4.80. The summed E-state index contributed by atoms with van der Waals surface area (Å²) in [7, 11) is 1.54. The molecule has 0 aliphatic carbocycles. The highest BCUT2D eigenvalue weighted by atomic mass is 16.5. The Morgan fingerprint density at radius 2 is 1.88 bits per heavy atom. The van der Waals surface area contributed by atoms with E-state index in [2.05, 4.69) is 4.98 Å². The number of nitrogens with zero attached hydrogens (tertiary/aromatic N) is 1. The third kappa shape index (κ3) is 2.93. The molecule has 0 radical (unpaired) electrons. The summed E-state index contributed by atoms with van der Waals surface area (Å²) < 4.78 is 5.02. The van der Waals surface area contributed by atoms with Crippen LogP contribution in [0.5, 0.6) is 5.75 Å². The molecule has 0 aliphatic heterocycles. The maximum atomic E-state index is 10.00. The Hall–Kier alpha value is -1.13. The van der Waals surface area contributed by atoms with Gasteiger partial charge in [-0.2, -0.15) is 0 Å². The fourth-order valence-electron chi connectivity index (χ4n) is 1.36. The van der Waals surface area contributed by atoms with Crippen molar-refractivity contribution in [3.8, 4) is 5.75 Å². The van der Waals surface area contributed by atoms with Crippen molar-refractivity contribution < 1.29 is 14.9 Å². The topological polar surface area (TPSA) is 62.6 Å². The smallest absolute Gasteiger partial charge is 0.137 e. The first kappa shape index (κ1) is 12.9. The lowest BCUT2D eigenvalue weighted by atomic mass is 9.84. The van der Waals surface area contributed by atoms with Crippen molar-refractivity contribution in [3.05, 3.63) is 24.0 Å². The standard InChI is InChI=1S/C12H19NO3/c1-12(2,3)11(15)10(14)8-5-9(16-4)7-13-6-8/h5-7,10-11,14-15H,1-4H3. The summed E-state index contributed by atoms with van der Waals surface area (Å²) >= 11 is 0. The van der Waals surface area contributed by atoms with Crippen LogP contribution >= 0.6 is 0 Å². The van der Waals surface area contributed by atoms with Gasteiger partial charge in [0.15, 0.2) is 0 Å². The maximum absolute atomic E-state index is 10.00. The van der Waals surface area contributed by atoms with Gasteiger partial charge in [-0.3, -0.25) is 4.98 Å². The number of methoxy groups -OCH3 is 1. The summed E-state index contributed by atoms with van der Waals surface area (Å²) in [5, 5.41) is 20.0. The molecule has 0 bridgehead atoms. The molecule has 1 rings (SSSR count). The van der Waals surface area contributed by atoms with Gasteiger partial charge in [-0.25, -0.2) is 0 Å². The van der Waals surface area contributed by atoms with Gasteiger partial charge >= 0.3 is 0 Å². The summed E-state index contributed by atoms with van der Waals surface area (Å²) in [6.07, 6.45) is 1.28. The van der Waals surface area contributed by atoms with Crippen molar-refractivity contribution in [2.75, 3.05) is 7.11 Å². The summed E-state index contributed by atoms with van der Waals surface area (Å²) in [5.41, 5.74) is 0.171. The van der Waals surface area contributed by atoms with E-state index in [1.54, 1.807) is 12.3 Å². The van der Waals surface area contributed by atoms with E-state index in [0.717, 1.165) is 0 Å². The molecule has 0 saturated carbocycles. The molecular weight excluding hydrogens is 206 g/mol. The van der Waals surface area contributed by atoms with Gasteiger partial charge in [-0.1, -0.05) is 20.8 Å². The fraction of sp³-hybridized carbons (Fsp3) is 0.583. The van der Waals surface area contributed by atoms with Crippen LogP contribution in [-0.2, 0) is 0 Å². The predicted octanol–water partition coefficient (Wildman–Crippen LogP) is 1.53. The molecule has 1 aromatic heterocycles. The minimum absolute atomic E-state index is 0.386. The maximum Gasteiger partial charge on any atom is 0.137 e. The molecule has 0 fully saturated rings. The van der Waals surface area contributed by atoms with Gasteiger partial charge < -0.3 is 14.9 Å². The Morgan fingerprint density at radius 1 is 1.25 bits per heavy atom. The van der Waals surface area contributed by atoms with Crippen LogP contribution in [0.4, 0.5) is 0 Å². The number of pyridine rings is 1. The molecule has 1 aromatic rings. The highest BCUT2D eigenvalue weighted by molar-refractivity contribution is 5.25. The lowest BCUT2D eigenvalue weighted by Crippen LogP contribution is -2.32. The molecule has 1 heterocycles. The van der Waals surface area contributed by atoms with Crippen LogP contribution in [0.1, 0.15) is 32.4 Å². The van der Waals surface area contributed by atoms with Gasteiger partial charge in [0, 0.05) is 11.8 Å². The van der Waals surface area contributed by atoms with Crippen molar-refractivity contribution in [3.63, 3.8) is 0 Å². The lowest BCUT2D eigenvalue weighted by molar-refractivity contribution is -0.0460. The average molecular weight is 225 g/mol. The van der Waals surface area contributed by atoms with E-state index >= 15 is 0 Å². The molecule has 0 saturated heterocycles. The SMILES string of the molecule is COc1cncc(C(O)C(O)C(C)(C)C)c1. The number of aromatic nitrogens is 1. The van der Waals surface area contributed by atoms with Gasteiger partial charge in [-0.05, 0) is 11.5 Å². The molecule has 2 unspecified atom stereocenters. The summed E-state index contributed by atoms with van der Waals surface area (Å²) in [6.45, 7) is 5.61. The number of rotatable bonds is 3. The normalized spacial score (nSPS) is 15.6. The molecule has 4 nitrogen and oxygen atoms in total. The number of aliphatic hydroxyl groups excluding tert-OH is 2. The fourth-order valence-corrected chi connectivity index (χ4v) is 1.36. The zero-order valence-corrected chi connectivity index (χ0v) is 10.1. The Morgan fingerprint density at radius 3 is 2.38 bits per heavy atom. The highest BCUT2D eigenvalue weighted by Crippen LogP contribution is 2.30. The Bertz CT molecular complexity index is 346. The molecule has 4 heteroatoms. The van der Waals surface area contributed by atoms with E-state index in [1.165, 1.54) is 13.3 Å². The summed E-state index contributed by atoms with van der Waals surface area (Å²) in [6, 6.07) is 1.67. The largest absolute Gasteiger partial charge is 0.495 e. The first-order chi connectivity index (χ1) is 7.36. The number of hydrogen-bond donors (Lipinski definition) is 2. The number of aliphatic hydroxyl groups is 2. The Kier molecular flexibility index (Phi) is 3.88. The molecule has 2 N–H and O–H groups in total. The van der Waals surface area contributed by atoms with Crippen molar-refractivity contribution >= 4 is 0 Å². The number of hydrogen-bond acceptors (Lipinski definition) is 4. The van der Waals surface area contributed by atoms with E-state index in [-0.39, 0.29) is 5.41 Å². The minimum atomic E-state index is -0.956.